The molecule has 1 aliphatic rings. The van der Waals surface area contributed by atoms with Crippen molar-refractivity contribution >= 4 is 38.9 Å². The third-order valence-corrected chi connectivity index (χ3v) is 6.50. The summed E-state index contributed by atoms with van der Waals surface area (Å²) < 4.78 is 7.31. The zero-order valence-electron chi connectivity index (χ0n) is 17.0. The summed E-state index contributed by atoms with van der Waals surface area (Å²) in [6.45, 7) is 3.71. The molecular formula is C24H23NO4S. The van der Waals surface area contributed by atoms with Crippen molar-refractivity contribution in [1.82, 2.24) is 4.90 Å². The van der Waals surface area contributed by atoms with Gasteiger partial charge in [-0.15, -0.1) is 11.3 Å². The van der Waals surface area contributed by atoms with Crippen molar-refractivity contribution < 1.29 is 19.1 Å². The average molecular weight is 422 g/mol. The third-order valence-electron chi connectivity index (χ3n) is 5.41. The van der Waals surface area contributed by atoms with Crippen LogP contribution >= 0.6 is 11.3 Å². The van der Waals surface area contributed by atoms with Gasteiger partial charge in [-0.05, 0) is 49.9 Å². The molecular weight excluding hydrogens is 398 g/mol. The second kappa shape index (κ2) is 8.40. The molecule has 0 bridgehead atoms. The molecule has 2 aromatic carbocycles. The Morgan fingerprint density at radius 2 is 1.93 bits per heavy atom. The first-order chi connectivity index (χ1) is 14.4. The minimum Gasteiger partial charge on any atom is -0.488 e. The van der Waals surface area contributed by atoms with E-state index in [1.54, 1.807) is 28.4 Å². The van der Waals surface area contributed by atoms with Crippen LogP contribution in [0.4, 0.5) is 0 Å². The van der Waals surface area contributed by atoms with Gasteiger partial charge < -0.3 is 14.4 Å². The van der Waals surface area contributed by atoms with E-state index < -0.39 is 6.04 Å². The summed E-state index contributed by atoms with van der Waals surface area (Å²) in [5, 5.41) is 1.19. The largest absolute Gasteiger partial charge is 0.488 e. The van der Waals surface area contributed by atoms with Crippen LogP contribution in [0.1, 0.15) is 47.5 Å². The number of Topliss-reactive ketones (excluding diaryl/α,β-unsaturated/α-hetero) is 2. The number of nitrogens with zero attached hydrogens (tertiary/aromatic N) is 1. The fourth-order valence-electron chi connectivity index (χ4n) is 3.89. The van der Waals surface area contributed by atoms with Crippen LogP contribution in [0.5, 0.6) is 5.75 Å². The molecule has 30 heavy (non-hydrogen) atoms. The van der Waals surface area contributed by atoms with E-state index in [-0.39, 0.29) is 23.9 Å². The van der Waals surface area contributed by atoms with Crippen LogP contribution in [-0.4, -0.2) is 28.4 Å². The van der Waals surface area contributed by atoms with Crippen molar-refractivity contribution in [2.24, 2.45) is 0 Å². The molecule has 1 amide bonds. The van der Waals surface area contributed by atoms with Crippen LogP contribution in [0, 0.1) is 0 Å². The van der Waals surface area contributed by atoms with Gasteiger partial charge in [0.25, 0.3) is 5.91 Å². The van der Waals surface area contributed by atoms with Gasteiger partial charge in [0.2, 0.25) is 0 Å². The van der Waals surface area contributed by atoms with Crippen LogP contribution in [0.15, 0.2) is 48.5 Å². The van der Waals surface area contributed by atoms with Crippen molar-refractivity contribution in [3.05, 3.63) is 64.5 Å². The summed E-state index contributed by atoms with van der Waals surface area (Å²) in [5.74, 6) is 0.388. The van der Waals surface area contributed by atoms with E-state index >= 15 is 0 Å². The Balaban J connectivity index is 1.53. The number of carbonyl (C=O) groups excluding carboxylic acids is 3. The molecule has 4 rings (SSSR count). The van der Waals surface area contributed by atoms with Crippen molar-refractivity contribution in [1.29, 1.82) is 0 Å². The summed E-state index contributed by atoms with van der Waals surface area (Å²) in [6.07, 6.45) is 0.627. The summed E-state index contributed by atoms with van der Waals surface area (Å²) in [7, 11) is 0. The number of carbonyl (C=O) groups is 3. The van der Waals surface area contributed by atoms with Crippen molar-refractivity contribution in [2.75, 3.05) is 0 Å². The maximum atomic E-state index is 13.0. The molecule has 2 heterocycles. The molecule has 0 N–H and O–H groups in total. The molecule has 1 atom stereocenters. The first-order valence-electron chi connectivity index (χ1n) is 9.97. The molecule has 0 saturated heterocycles. The normalized spacial score (nSPS) is 14.1. The fourth-order valence-corrected chi connectivity index (χ4v) is 4.87. The monoisotopic (exact) mass is 421 g/mol. The first-order valence-corrected chi connectivity index (χ1v) is 10.8. The van der Waals surface area contributed by atoms with Gasteiger partial charge in [-0.1, -0.05) is 24.3 Å². The summed E-state index contributed by atoms with van der Waals surface area (Å²) in [5.41, 5.74) is 1.37. The van der Waals surface area contributed by atoms with E-state index in [4.69, 9.17) is 4.74 Å². The number of benzene rings is 2. The molecule has 3 aromatic rings. The Hall–Kier alpha value is -2.99. The van der Waals surface area contributed by atoms with Gasteiger partial charge in [0.05, 0.1) is 12.6 Å². The zero-order valence-corrected chi connectivity index (χ0v) is 17.8. The van der Waals surface area contributed by atoms with Gasteiger partial charge in [0, 0.05) is 27.1 Å². The molecule has 0 fully saturated rings. The molecule has 6 heteroatoms. The molecule has 1 aliphatic heterocycles. The van der Waals surface area contributed by atoms with Gasteiger partial charge in [0.1, 0.15) is 18.1 Å². The maximum Gasteiger partial charge on any atom is 0.255 e. The lowest BCUT2D eigenvalue weighted by Crippen LogP contribution is -2.40. The molecule has 0 radical (unpaired) electrons. The van der Waals surface area contributed by atoms with Crippen LogP contribution in [0.3, 0.4) is 0 Å². The number of thiophene rings is 1. The lowest BCUT2D eigenvalue weighted by atomic mass is 10.0. The minimum absolute atomic E-state index is 0.0118. The Bertz CT molecular complexity index is 1100. The summed E-state index contributed by atoms with van der Waals surface area (Å²) in [4.78, 5) is 39.2. The molecule has 5 nitrogen and oxygen atoms in total. The molecule has 0 saturated carbocycles. The van der Waals surface area contributed by atoms with Crippen LogP contribution in [0.2, 0.25) is 0 Å². The van der Waals surface area contributed by atoms with Crippen molar-refractivity contribution in [3.8, 4) is 5.75 Å². The first kappa shape index (κ1) is 20.3. The van der Waals surface area contributed by atoms with Crippen LogP contribution in [0.25, 0.3) is 10.1 Å². The smallest absolute Gasteiger partial charge is 0.255 e. The second-order valence-corrected chi connectivity index (χ2v) is 8.79. The van der Waals surface area contributed by atoms with Crippen molar-refractivity contribution in [2.45, 2.75) is 45.9 Å². The lowest BCUT2D eigenvalue weighted by Gasteiger charge is -2.25. The standard InChI is InChI=1S/C24H23NO4S/c1-15(26)10-11-21(16(2)27)25-13-20-19(24(25)28)7-5-8-22(20)29-14-18-12-17-6-3-4-9-23(17)30-18/h3-9,12,21H,10-11,13-14H2,1-2H3. The predicted octanol–water partition coefficient (Wildman–Crippen LogP) is 4.76. The Morgan fingerprint density at radius 3 is 2.67 bits per heavy atom. The highest BCUT2D eigenvalue weighted by Crippen LogP contribution is 2.34. The summed E-state index contributed by atoms with van der Waals surface area (Å²) >= 11 is 1.69. The van der Waals surface area contributed by atoms with E-state index in [0.717, 1.165) is 10.4 Å². The highest BCUT2D eigenvalue weighted by atomic mass is 32.1. The number of ketones is 2. The van der Waals surface area contributed by atoms with Gasteiger partial charge in [-0.25, -0.2) is 0 Å². The van der Waals surface area contributed by atoms with E-state index in [0.29, 0.717) is 30.9 Å². The van der Waals surface area contributed by atoms with E-state index in [2.05, 4.69) is 18.2 Å². The van der Waals surface area contributed by atoms with E-state index in [1.807, 2.05) is 18.2 Å². The number of rotatable bonds is 8. The van der Waals surface area contributed by atoms with Gasteiger partial charge >= 0.3 is 0 Å². The van der Waals surface area contributed by atoms with Gasteiger partial charge in [-0.2, -0.15) is 0 Å². The molecule has 1 aromatic heterocycles. The van der Waals surface area contributed by atoms with Crippen LogP contribution < -0.4 is 4.74 Å². The Morgan fingerprint density at radius 1 is 1.13 bits per heavy atom. The number of ether oxygens (including phenoxy) is 1. The number of fused-ring (bicyclic) bond motifs is 2. The predicted molar refractivity (Wildman–Crippen MR) is 117 cm³/mol. The fraction of sp³-hybridized carbons (Fsp3) is 0.292. The van der Waals surface area contributed by atoms with Gasteiger partial charge in [0.15, 0.2) is 5.78 Å². The SMILES string of the molecule is CC(=O)CCC(C(C)=O)N1Cc2c(OCc3cc4ccccc4s3)cccc2C1=O. The minimum atomic E-state index is -0.593. The maximum absolute atomic E-state index is 13.0. The second-order valence-electron chi connectivity index (χ2n) is 7.62. The average Bonchev–Trinajstić information content (AvgIpc) is 3.28. The molecule has 0 spiro atoms. The number of hydrogen-bond acceptors (Lipinski definition) is 5. The quantitative estimate of drug-likeness (QED) is 0.526. The van der Waals surface area contributed by atoms with E-state index in [9.17, 15) is 14.4 Å². The van der Waals surface area contributed by atoms with Crippen molar-refractivity contribution in [3.63, 3.8) is 0 Å². The van der Waals surface area contributed by atoms with E-state index in [1.165, 1.54) is 23.9 Å². The topological polar surface area (TPSA) is 63.7 Å². The third kappa shape index (κ3) is 4.00. The Kier molecular flexibility index (Phi) is 5.68. The van der Waals surface area contributed by atoms with Gasteiger partial charge in [-0.3, -0.25) is 9.59 Å². The Labute approximate surface area is 179 Å². The molecule has 0 aliphatic carbocycles. The highest BCUT2D eigenvalue weighted by molar-refractivity contribution is 7.19. The molecule has 154 valence electrons. The lowest BCUT2D eigenvalue weighted by molar-refractivity contribution is -0.122. The van der Waals surface area contributed by atoms with Crippen LogP contribution in [-0.2, 0) is 22.7 Å². The number of amides is 1. The highest BCUT2D eigenvalue weighted by Gasteiger charge is 2.36. The zero-order chi connectivity index (χ0) is 21.3. The summed E-state index contributed by atoms with van der Waals surface area (Å²) in [6, 6.07) is 15.2. The number of hydrogen-bond donors (Lipinski definition) is 0. The molecule has 1 unspecified atom stereocenters.